The first kappa shape index (κ1) is 19.8. The first-order valence-electron chi connectivity index (χ1n) is 8.19. The van der Waals surface area contributed by atoms with Crippen LogP contribution in [0.3, 0.4) is 0 Å². The number of nitrogens with zero attached hydrogens (tertiary/aromatic N) is 2. The van der Waals surface area contributed by atoms with Crippen molar-refractivity contribution in [2.75, 3.05) is 31.1 Å². The maximum atomic E-state index is 12.9. The Bertz CT molecular complexity index is 681. The Labute approximate surface area is 159 Å². The van der Waals surface area contributed by atoms with Crippen molar-refractivity contribution in [3.05, 3.63) is 28.8 Å². The first-order chi connectivity index (χ1) is 11.3. The Hall–Kier alpha value is -1.50. The van der Waals surface area contributed by atoms with E-state index in [1.54, 1.807) is 23.1 Å². The van der Waals surface area contributed by atoms with Gasteiger partial charge in [0.05, 0.1) is 10.7 Å². The van der Waals surface area contributed by atoms with Gasteiger partial charge in [0.15, 0.2) is 0 Å². The molecule has 0 saturated carbocycles. The molecule has 6 nitrogen and oxygen atoms in total. The fourth-order valence-corrected chi connectivity index (χ4v) is 3.50. The zero-order valence-corrected chi connectivity index (χ0v) is 16.0. The number of piperidine rings is 1. The molecule has 138 valence electrons. The lowest BCUT2D eigenvalue weighted by Gasteiger charge is -2.42. The number of urea groups is 1. The summed E-state index contributed by atoms with van der Waals surface area (Å²) in [6.45, 7) is 6.55. The van der Waals surface area contributed by atoms with Crippen LogP contribution >= 0.6 is 24.0 Å². The molecule has 0 bridgehead atoms. The lowest BCUT2D eigenvalue weighted by Crippen LogP contribution is -2.54. The van der Waals surface area contributed by atoms with E-state index in [4.69, 9.17) is 17.3 Å². The quantitative estimate of drug-likeness (QED) is 0.819. The molecule has 1 unspecified atom stereocenters. The fourth-order valence-electron chi connectivity index (χ4n) is 3.28. The third-order valence-electron chi connectivity index (χ3n) is 4.94. The molecular formula is C17H24Cl2N4O2. The van der Waals surface area contributed by atoms with Gasteiger partial charge < -0.3 is 16.0 Å². The second-order valence-electron chi connectivity index (χ2n) is 7.16. The molecule has 1 aromatic rings. The number of hydrogen-bond acceptors (Lipinski definition) is 3. The van der Waals surface area contributed by atoms with Crippen molar-refractivity contribution < 1.29 is 9.59 Å². The molecule has 25 heavy (non-hydrogen) atoms. The number of likely N-dealkylation sites (tertiary alicyclic amines) is 1. The number of nitrogens with one attached hydrogen (secondary N) is 1. The van der Waals surface area contributed by atoms with E-state index in [1.165, 1.54) is 0 Å². The molecule has 2 saturated heterocycles. The van der Waals surface area contributed by atoms with Gasteiger partial charge in [-0.15, -0.1) is 12.4 Å². The molecule has 0 radical (unpaired) electrons. The van der Waals surface area contributed by atoms with Gasteiger partial charge in [0.2, 0.25) is 0 Å². The monoisotopic (exact) mass is 386 g/mol. The number of benzene rings is 1. The molecule has 3 N–H and O–H groups in total. The summed E-state index contributed by atoms with van der Waals surface area (Å²) in [5.74, 6) is -0.0486. The molecule has 3 rings (SSSR count). The van der Waals surface area contributed by atoms with E-state index in [9.17, 15) is 9.59 Å². The van der Waals surface area contributed by atoms with Crippen LogP contribution in [0.5, 0.6) is 0 Å². The topological polar surface area (TPSA) is 78.7 Å². The number of carbonyl (C=O) groups is 2. The summed E-state index contributed by atoms with van der Waals surface area (Å²) in [4.78, 5) is 28.2. The van der Waals surface area contributed by atoms with E-state index in [-0.39, 0.29) is 35.8 Å². The Morgan fingerprint density at radius 1 is 1.36 bits per heavy atom. The van der Waals surface area contributed by atoms with E-state index < -0.39 is 0 Å². The third-order valence-corrected chi connectivity index (χ3v) is 5.26. The summed E-state index contributed by atoms with van der Waals surface area (Å²) >= 11 is 6.23. The van der Waals surface area contributed by atoms with Crippen molar-refractivity contribution in [1.82, 2.24) is 10.2 Å². The van der Waals surface area contributed by atoms with Crippen LogP contribution in [0.1, 0.15) is 30.6 Å². The van der Waals surface area contributed by atoms with Crippen LogP contribution in [0, 0.1) is 5.41 Å². The zero-order chi connectivity index (χ0) is 17.5. The maximum absolute atomic E-state index is 12.9. The number of anilines is 1. The van der Waals surface area contributed by atoms with Crippen molar-refractivity contribution in [3.63, 3.8) is 0 Å². The lowest BCUT2D eigenvalue weighted by atomic mass is 9.79. The van der Waals surface area contributed by atoms with Crippen molar-refractivity contribution in [3.8, 4) is 0 Å². The van der Waals surface area contributed by atoms with Gasteiger partial charge in [-0.05, 0) is 30.0 Å². The molecule has 2 aliphatic heterocycles. The van der Waals surface area contributed by atoms with E-state index in [0.717, 1.165) is 6.42 Å². The van der Waals surface area contributed by atoms with Gasteiger partial charge in [-0.1, -0.05) is 25.4 Å². The second kappa shape index (κ2) is 7.40. The molecule has 2 heterocycles. The van der Waals surface area contributed by atoms with Gasteiger partial charge in [0, 0.05) is 37.8 Å². The van der Waals surface area contributed by atoms with Gasteiger partial charge in [-0.2, -0.15) is 0 Å². The molecule has 0 aliphatic carbocycles. The number of halogens is 2. The highest BCUT2D eigenvalue weighted by Gasteiger charge is 2.36. The van der Waals surface area contributed by atoms with Crippen molar-refractivity contribution in [1.29, 1.82) is 0 Å². The number of rotatable bonds is 2. The predicted molar refractivity (Wildman–Crippen MR) is 102 cm³/mol. The zero-order valence-electron chi connectivity index (χ0n) is 14.4. The minimum Gasteiger partial charge on any atom is -0.338 e. The molecule has 2 fully saturated rings. The molecule has 3 amide bonds. The van der Waals surface area contributed by atoms with E-state index in [0.29, 0.717) is 42.5 Å². The van der Waals surface area contributed by atoms with Gasteiger partial charge in [0.25, 0.3) is 5.91 Å². The van der Waals surface area contributed by atoms with Crippen LogP contribution < -0.4 is 16.0 Å². The predicted octanol–water partition coefficient (Wildman–Crippen LogP) is 2.49. The highest BCUT2D eigenvalue weighted by molar-refractivity contribution is 6.34. The van der Waals surface area contributed by atoms with Gasteiger partial charge >= 0.3 is 6.03 Å². The molecule has 2 aliphatic rings. The summed E-state index contributed by atoms with van der Waals surface area (Å²) in [6.07, 6.45) is 0.785. The van der Waals surface area contributed by atoms with Crippen LogP contribution in [0.15, 0.2) is 18.2 Å². The average molecular weight is 387 g/mol. The average Bonchev–Trinajstić information content (AvgIpc) is 2.96. The van der Waals surface area contributed by atoms with Gasteiger partial charge in [-0.25, -0.2) is 4.79 Å². The smallest absolute Gasteiger partial charge is 0.322 e. The van der Waals surface area contributed by atoms with E-state index in [1.807, 2.05) is 4.90 Å². The van der Waals surface area contributed by atoms with Crippen LogP contribution in [0.25, 0.3) is 0 Å². The van der Waals surface area contributed by atoms with Crippen molar-refractivity contribution in [2.24, 2.45) is 11.1 Å². The summed E-state index contributed by atoms with van der Waals surface area (Å²) in [6, 6.07) is 5.00. The number of amides is 3. The van der Waals surface area contributed by atoms with E-state index in [2.05, 4.69) is 19.2 Å². The highest BCUT2D eigenvalue weighted by Crippen LogP contribution is 2.31. The Balaban J connectivity index is 0.00000225. The van der Waals surface area contributed by atoms with Gasteiger partial charge in [-0.3, -0.25) is 9.69 Å². The normalized spacial score (nSPS) is 22.4. The van der Waals surface area contributed by atoms with Gasteiger partial charge in [0.1, 0.15) is 0 Å². The third kappa shape index (κ3) is 3.86. The molecule has 1 aromatic carbocycles. The van der Waals surface area contributed by atoms with Crippen LogP contribution in [0.4, 0.5) is 10.5 Å². The minimum atomic E-state index is -0.188. The molecule has 0 spiro atoms. The van der Waals surface area contributed by atoms with Crippen LogP contribution in [0.2, 0.25) is 5.02 Å². The number of hydrogen-bond donors (Lipinski definition) is 2. The summed E-state index contributed by atoms with van der Waals surface area (Å²) in [5, 5.41) is 3.20. The molecule has 8 heteroatoms. The highest BCUT2D eigenvalue weighted by atomic mass is 35.5. The van der Waals surface area contributed by atoms with Crippen molar-refractivity contribution >= 4 is 41.6 Å². The summed E-state index contributed by atoms with van der Waals surface area (Å²) in [5.41, 5.74) is 7.15. The largest absolute Gasteiger partial charge is 0.338 e. The Morgan fingerprint density at radius 3 is 2.68 bits per heavy atom. The van der Waals surface area contributed by atoms with Crippen molar-refractivity contribution in [2.45, 2.75) is 26.3 Å². The summed E-state index contributed by atoms with van der Waals surface area (Å²) in [7, 11) is 0. The van der Waals surface area contributed by atoms with Crippen LogP contribution in [-0.4, -0.2) is 49.1 Å². The maximum Gasteiger partial charge on any atom is 0.322 e. The summed E-state index contributed by atoms with van der Waals surface area (Å²) < 4.78 is 0. The fraction of sp³-hybridized carbons (Fsp3) is 0.529. The Morgan fingerprint density at radius 2 is 2.08 bits per heavy atom. The second-order valence-corrected chi connectivity index (χ2v) is 7.57. The van der Waals surface area contributed by atoms with Crippen LogP contribution in [-0.2, 0) is 0 Å². The number of nitrogens with two attached hydrogens (primary N) is 1. The Kier molecular flexibility index (Phi) is 5.86. The number of carbonyl (C=O) groups excluding carboxylic acids is 2. The first-order valence-corrected chi connectivity index (χ1v) is 8.57. The van der Waals surface area contributed by atoms with E-state index >= 15 is 0 Å². The molecular weight excluding hydrogens is 363 g/mol. The molecule has 0 aromatic heterocycles. The standard InChI is InChI=1S/C17H23ClN4O2.ClH/c1-17(2)10-21(7-5-14(17)19)15(23)11-3-4-12(18)13(9-11)22-8-6-20-16(22)24;/h3-4,9,14H,5-8,10,19H2,1-2H3,(H,20,24);1H. The minimum absolute atomic E-state index is 0. The lowest BCUT2D eigenvalue weighted by molar-refractivity contribution is 0.0533. The SMILES string of the molecule is CC1(C)CN(C(=O)c2ccc(Cl)c(N3CCNC3=O)c2)CCC1N.Cl. The molecule has 1 atom stereocenters.